The number of carbonyl (C=O) groups is 2. The van der Waals surface area contributed by atoms with E-state index >= 15 is 0 Å². The molecule has 134 valence electrons. The second-order valence-corrected chi connectivity index (χ2v) is 5.51. The molecule has 2 amide bonds. The number of carbonyl (C=O) groups excluding carboxylic acids is 2. The van der Waals surface area contributed by atoms with Crippen molar-refractivity contribution in [3.63, 3.8) is 0 Å². The summed E-state index contributed by atoms with van der Waals surface area (Å²) in [5, 5.41) is 13.0. The van der Waals surface area contributed by atoms with Crippen LogP contribution in [0.15, 0.2) is 41.2 Å². The molecule has 0 bridgehead atoms. The Morgan fingerprint density at radius 1 is 1.23 bits per heavy atom. The number of nitrogens with one attached hydrogen (secondary N) is 3. The average molecular weight is 355 g/mol. The maximum Gasteiger partial charge on any atom is 0.340 e. The van der Waals surface area contributed by atoms with Crippen LogP contribution in [0.1, 0.15) is 33.2 Å². The number of amides is 2. The van der Waals surface area contributed by atoms with E-state index in [4.69, 9.17) is 5.73 Å². The van der Waals surface area contributed by atoms with E-state index in [1.54, 1.807) is 24.3 Å². The van der Waals surface area contributed by atoms with Gasteiger partial charge in [0.25, 0.3) is 11.8 Å². The van der Waals surface area contributed by atoms with Crippen molar-refractivity contribution in [2.24, 2.45) is 5.73 Å². The van der Waals surface area contributed by atoms with E-state index in [1.807, 2.05) is 6.07 Å². The van der Waals surface area contributed by atoms with Crippen LogP contribution in [-0.2, 0) is 6.42 Å². The quantitative estimate of drug-likeness (QED) is 0.431. The first-order valence-electron chi connectivity index (χ1n) is 7.91. The lowest BCUT2D eigenvalue weighted by Crippen LogP contribution is -2.25. The Balaban J connectivity index is 1.65. The van der Waals surface area contributed by atoms with Gasteiger partial charge >= 0.3 is 5.69 Å². The number of hydrogen-bond acceptors (Lipinski definition) is 5. The Hall–Kier alpha value is -3.69. The molecule has 2 aromatic heterocycles. The topological polar surface area (TPSA) is 152 Å². The normalized spacial score (nSPS) is 10.6. The summed E-state index contributed by atoms with van der Waals surface area (Å²) in [7, 11) is 0. The van der Waals surface area contributed by atoms with Gasteiger partial charge in [-0.25, -0.2) is 14.6 Å². The molecule has 1 aromatic carbocycles. The Labute approximate surface area is 147 Å². The SMILES string of the molecule is NC(=O)c1cc(C(=O)NCCCc2n[nH]c(=O)[nH]2)nn1-c1ccccc1. The average Bonchev–Trinajstić information content (AvgIpc) is 3.26. The summed E-state index contributed by atoms with van der Waals surface area (Å²) in [5.41, 5.74) is 5.86. The van der Waals surface area contributed by atoms with Gasteiger partial charge in [-0.15, -0.1) is 0 Å². The van der Waals surface area contributed by atoms with Crippen LogP contribution >= 0.6 is 0 Å². The van der Waals surface area contributed by atoms with E-state index < -0.39 is 11.8 Å². The minimum atomic E-state index is -0.678. The van der Waals surface area contributed by atoms with Crippen molar-refractivity contribution in [2.45, 2.75) is 12.8 Å². The van der Waals surface area contributed by atoms with E-state index in [0.717, 1.165) is 0 Å². The molecule has 0 aliphatic rings. The maximum absolute atomic E-state index is 12.3. The van der Waals surface area contributed by atoms with Crippen LogP contribution in [0, 0.1) is 0 Å². The molecule has 3 rings (SSSR count). The molecular formula is C16H17N7O3. The van der Waals surface area contributed by atoms with Gasteiger partial charge in [-0.1, -0.05) is 18.2 Å². The predicted octanol–water partition coefficient (Wildman–Crippen LogP) is -0.255. The van der Waals surface area contributed by atoms with Crippen molar-refractivity contribution in [2.75, 3.05) is 6.54 Å². The van der Waals surface area contributed by atoms with Gasteiger partial charge in [-0.3, -0.25) is 14.6 Å². The van der Waals surface area contributed by atoms with Gasteiger partial charge in [0.1, 0.15) is 11.5 Å². The Morgan fingerprint density at radius 3 is 2.65 bits per heavy atom. The number of nitrogens with two attached hydrogens (primary N) is 1. The van der Waals surface area contributed by atoms with Crippen LogP contribution in [-0.4, -0.2) is 43.3 Å². The molecule has 0 aliphatic carbocycles. The van der Waals surface area contributed by atoms with Gasteiger partial charge in [0.05, 0.1) is 5.69 Å². The van der Waals surface area contributed by atoms with E-state index in [9.17, 15) is 14.4 Å². The molecule has 0 atom stereocenters. The predicted molar refractivity (Wildman–Crippen MR) is 91.9 cm³/mol. The van der Waals surface area contributed by atoms with E-state index in [-0.39, 0.29) is 17.1 Å². The smallest absolute Gasteiger partial charge is 0.340 e. The molecule has 26 heavy (non-hydrogen) atoms. The second kappa shape index (κ2) is 7.47. The van der Waals surface area contributed by atoms with Gasteiger partial charge < -0.3 is 11.1 Å². The summed E-state index contributed by atoms with van der Waals surface area (Å²) < 4.78 is 1.34. The number of primary amides is 1. The van der Waals surface area contributed by atoms with Crippen molar-refractivity contribution in [1.82, 2.24) is 30.3 Å². The number of para-hydroxylation sites is 1. The fraction of sp³-hybridized carbons (Fsp3) is 0.188. The zero-order chi connectivity index (χ0) is 18.5. The molecule has 3 aromatic rings. The number of nitrogens with zero attached hydrogens (tertiary/aromatic N) is 3. The van der Waals surface area contributed by atoms with E-state index in [2.05, 4.69) is 25.6 Å². The molecule has 0 fully saturated rings. The fourth-order valence-corrected chi connectivity index (χ4v) is 2.41. The highest BCUT2D eigenvalue weighted by molar-refractivity contribution is 5.97. The number of aromatic amines is 2. The van der Waals surface area contributed by atoms with Crippen LogP contribution in [0.4, 0.5) is 0 Å². The lowest BCUT2D eigenvalue weighted by atomic mass is 10.2. The summed E-state index contributed by atoms with van der Waals surface area (Å²) in [5.74, 6) is -0.575. The molecule has 2 heterocycles. The monoisotopic (exact) mass is 355 g/mol. The molecule has 0 unspecified atom stereocenters. The third-order valence-electron chi connectivity index (χ3n) is 3.62. The molecule has 0 saturated carbocycles. The summed E-state index contributed by atoms with van der Waals surface area (Å²) >= 11 is 0. The fourth-order valence-electron chi connectivity index (χ4n) is 2.41. The van der Waals surface area contributed by atoms with E-state index in [0.29, 0.717) is 30.9 Å². The third kappa shape index (κ3) is 3.86. The minimum Gasteiger partial charge on any atom is -0.364 e. The van der Waals surface area contributed by atoms with Crippen molar-refractivity contribution < 1.29 is 9.59 Å². The molecule has 10 nitrogen and oxygen atoms in total. The van der Waals surface area contributed by atoms with Crippen molar-refractivity contribution >= 4 is 11.8 Å². The number of hydrogen-bond donors (Lipinski definition) is 4. The van der Waals surface area contributed by atoms with Crippen LogP contribution in [0.2, 0.25) is 0 Å². The summed E-state index contributed by atoms with van der Waals surface area (Å²) in [6.45, 7) is 0.359. The standard InChI is InChI=1S/C16H17N7O3/c17-14(24)12-9-11(22-23(12)10-5-2-1-3-6-10)15(25)18-8-4-7-13-19-16(26)21-20-13/h1-3,5-6,9H,4,7-8H2,(H2,17,24)(H,18,25)(H2,19,20,21,26). The summed E-state index contributed by atoms with van der Waals surface area (Å²) in [6, 6.07) is 10.3. The number of benzene rings is 1. The van der Waals surface area contributed by atoms with Gasteiger partial charge in [-0.05, 0) is 18.6 Å². The van der Waals surface area contributed by atoms with Crippen LogP contribution in [0.3, 0.4) is 0 Å². The first-order chi connectivity index (χ1) is 12.5. The highest BCUT2D eigenvalue weighted by atomic mass is 16.2. The molecule has 0 spiro atoms. The lowest BCUT2D eigenvalue weighted by Gasteiger charge is -2.04. The van der Waals surface area contributed by atoms with Crippen molar-refractivity contribution in [3.8, 4) is 5.69 Å². The maximum atomic E-state index is 12.3. The molecule has 0 radical (unpaired) electrons. The van der Waals surface area contributed by atoms with Gasteiger partial charge in [0.2, 0.25) is 0 Å². The number of aromatic nitrogens is 5. The first-order valence-corrected chi connectivity index (χ1v) is 7.91. The summed E-state index contributed by atoms with van der Waals surface area (Å²) in [4.78, 5) is 37.4. The van der Waals surface area contributed by atoms with Crippen molar-refractivity contribution in [1.29, 1.82) is 0 Å². The van der Waals surface area contributed by atoms with Crippen LogP contribution in [0.5, 0.6) is 0 Å². The number of rotatable bonds is 7. The van der Waals surface area contributed by atoms with Gasteiger partial charge in [0.15, 0.2) is 5.69 Å². The highest BCUT2D eigenvalue weighted by Crippen LogP contribution is 2.12. The van der Waals surface area contributed by atoms with Crippen molar-refractivity contribution in [3.05, 3.63) is 64.1 Å². The largest absolute Gasteiger partial charge is 0.364 e. The molecule has 10 heteroatoms. The third-order valence-corrected chi connectivity index (χ3v) is 3.62. The second-order valence-electron chi connectivity index (χ2n) is 5.51. The zero-order valence-corrected chi connectivity index (χ0v) is 13.7. The van der Waals surface area contributed by atoms with Gasteiger partial charge in [-0.2, -0.15) is 10.2 Å². The summed E-state index contributed by atoms with van der Waals surface area (Å²) in [6.07, 6.45) is 1.08. The number of aryl methyl sites for hydroxylation is 1. The number of H-pyrrole nitrogens is 2. The first kappa shape index (κ1) is 17.1. The van der Waals surface area contributed by atoms with Crippen LogP contribution < -0.4 is 16.7 Å². The lowest BCUT2D eigenvalue weighted by molar-refractivity contribution is 0.0946. The Morgan fingerprint density at radius 2 is 2.00 bits per heavy atom. The Kier molecular flexibility index (Phi) is 4.92. The molecule has 0 aliphatic heterocycles. The Bertz CT molecular complexity index is 971. The highest BCUT2D eigenvalue weighted by Gasteiger charge is 2.18. The minimum absolute atomic E-state index is 0.0934. The van der Waals surface area contributed by atoms with E-state index in [1.165, 1.54) is 10.7 Å². The molecule has 5 N–H and O–H groups in total. The van der Waals surface area contributed by atoms with Crippen LogP contribution in [0.25, 0.3) is 5.69 Å². The van der Waals surface area contributed by atoms with Gasteiger partial charge in [0, 0.05) is 19.0 Å². The zero-order valence-electron chi connectivity index (χ0n) is 13.7. The molecular weight excluding hydrogens is 338 g/mol. The molecule has 0 saturated heterocycles.